The highest BCUT2D eigenvalue weighted by atomic mass is 16.2. The molecule has 1 aromatic carbocycles. The Morgan fingerprint density at radius 1 is 1.15 bits per heavy atom. The van der Waals surface area contributed by atoms with Crippen LogP contribution in [0.5, 0.6) is 0 Å². The zero-order valence-electron chi connectivity index (χ0n) is 21.0. The average Bonchev–Trinajstić information content (AvgIpc) is 3.21. The maximum Gasteiger partial charge on any atom is 0.273 e. The van der Waals surface area contributed by atoms with Crippen molar-refractivity contribution in [3.63, 3.8) is 0 Å². The fourth-order valence-corrected chi connectivity index (χ4v) is 4.25. The first kappa shape index (κ1) is 25.5. The van der Waals surface area contributed by atoms with E-state index in [0.29, 0.717) is 38.4 Å². The molecule has 2 N–H and O–H groups in total. The van der Waals surface area contributed by atoms with Gasteiger partial charge in [0.15, 0.2) is 5.69 Å². The van der Waals surface area contributed by atoms with Gasteiger partial charge in [-0.1, -0.05) is 50.6 Å². The van der Waals surface area contributed by atoms with Crippen LogP contribution in [0.25, 0.3) is 0 Å². The lowest BCUT2D eigenvalue weighted by molar-refractivity contribution is -0.132. The van der Waals surface area contributed by atoms with E-state index in [1.165, 1.54) is 11.9 Å². The second kappa shape index (κ2) is 10.8. The number of carbonyl (C=O) groups is 3. The molecule has 2 heterocycles. The van der Waals surface area contributed by atoms with E-state index < -0.39 is 5.54 Å². The van der Waals surface area contributed by atoms with Crippen LogP contribution in [0.3, 0.4) is 0 Å². The first-order chi connectivity index (χ1) is 16.2. The number of hydrogen-bond acceptors (Lipinski definition) is 4. The monoisotopic (exact) mass is 467 g/mol. The van der Waals surface area contributed by atoms with Crippen molar-refractivity contribution in [3.8, 4) is 0 Å². The Morgan fingerprint density at radius 3 is 2.50 bits per heavy atom. The van der Waals surface area contributed by atoms with Gasteiger partial charge in [0.2, 0.25) is 5.91 Å². The van der Waals surface area contributed by atoms with Crippen molar-refractivity contribution in [2.75, 3.05) is 19.6 Å². The predicted octanol–water partition coefficient (Wildman–Crippen LogP) is 2.95. The summed E-state index contributed by atoms with van der Waals surface area (Å²) in [6.07, 6.45) is 3.75. The molecule has 3 rings (SSSR count). The van der Waals surface area contributed by atoms with Crippen molar-refractivity contribution in [2.24, 2.45) is 5.92 Å². The van der Waals surface area contributed by atoms with Crippen LogP contribution in [0.4, 0.5) is 0 Å². The number of benzene rings is 1. The van der Waals surface area contributed by atoms with Crippen LogP contribution < -0.4 is 10.6 Å². The predicted molar refractivity (Wildman–Crippen MR) is 132 cm³/mol. The molecule has 0 spiro atoms. The molecule has 0 saturated heterocycles. The zero-order valence-corrected chi connectivity index (χ0v) is 21.0. The second-order valence-electron chi connectivity index (χ2n) is 9.73. The van der Waals surface area contributed by atoms with E-state index in [9.17, 15) is 14.4 Å². The fourth-order valence-electron chi connectivity index (χ4n) is 4.25. The molecule has 1 aromatic heterocycles. The minimum Gasteiger partial charge on any atom is -0.354 e. The van der Waals surface area contributed by atoms with Gasteiger partial charge in [-0.15, -0.1) is 0 Å². The van der Waals surface area contributed by atoms with Gasteiger partial charge in [-0.2, -0.15) is 0 Å². The van der Waals surface area contributed by atoms with Gasteiger partial charge in [-0.25, -0.2) is 4.98 Å². The lowest BCUT2D eigenvalue weighted by Crippen LogP contribution is -2.64. The SMILES string of the molecule is CCCN1C(=O)c2c(C(=O)NCCc3ccc(C)cc3)ncn2C[C@@]1(C)C(=O)NCCC(C)C. The third kappa shape index (κ3) is 5.48. The van der Waals surface area contributed by atoms with Crippen molar-refractivity contribution in [1.29, 1.82) is 0 Å². The number of hydrogen-bond donors (Lipinski definition) is 2. The summed E-state index contributed by atoms with van der Waals surface area (Å²) in [5, 5.41) is 5.88. The van der Waals surface area contributed by atoms with Gasteiger partial charge >= 0.3 is 0 Å². The quantitative estimate of drug-likeness (QED) is 0.562. The molecule has 34 heavy (non-hydrogen) atoms. The summed E-state index contributed by atoms with van der Waals surface area (Å²) in [7, 11) is 0. The average molecular weight is 468 g/mol. The van der Waals surface area contributed by atoms with Crippen LogP contribution in [0.15, 0.2) is 30.6 Å². The van der Waals surface area contributed by atoms with E-state index in [1.54, 1.807) is 16.4 Å². The standard InChI is InChI=1S/C26H37N5O3/c1-6-15-31-24(33)22-21(23(32)27-14-12-20-9-7-19(4)8-10-20)29-17-30(22)16-26(31,5)25(34)28-13-11-18(2)3/h7-10,17-18H,6,11-16H2,1-5H3,(H,27,32)(H,28,34)/t26-/m0/s1. The van der Waals surface area contributed by atoms with Crippen molar-refractivity contribution in [2.45, 2.75) is 66.0 Å². The first-order valence-corrected chi connectivity index (χ1v) is 12.2. The molecule has 0 bridgehead atoms. The fraction of sp³-hybridized carbons (Fsp3) is 0.538. The molecule has 2 aromatic rings. The number of amides is 3. The highest BCUT2D eigenvalue weighted by molar-refractivity contribution is 6.07. The highest BCUT2D eigenvalue weighted by Crippen LogP contribution is 2.29. The number of rotatable bonds is 10. The molecule has 1 atom stereocenters. The van der Waals surface area contributed by atoms with E-state index in [0.717, 1.165) is 12.0 Å². The molecule has 8 nitrogen and oxygen atoms in total. The summed E-state index contributed by atoms with van der Waals surface area (Å²) in [4.78, 5) is 45.4. The number of nitrogens with one attached hydrogen (secondary N) is 2. The number of fused-ring (bicyclic) bond motifs is 1. The molecule has 3 amide bonds. The molecule has 8 heteroatoms. The van der Waals surface area contributed by atoms with E-state index in [-0.39, 0.29) is 35.7 Å². The Hall–Kier alpha value is -3.16. The van der Waals surface area contributed by atoms with Crippen molar-refractivity contribution in [3.05, 3.63) is 53.1 Å². The van der Waals surface area contributed by atoms with E-state index in [4.69, 9.17) is 0 Å². The summed E-state index contributed by atoms with van der Waals surface area (Å²) >= 11 is 0. The van der Waals surface area contributed by atoms with Gasteiger partial charge in [-0.3, -0.25) is 14.4 Å². The number of nitrogens with zero attached hydrogens (tertiary/aromatic N) is 3. The first-order valence-electron chi connectivity index (χ1n) is 12.2. The van der Waals surface area contributed by atoms with Gasteiger partial charge in [-0.05, 0) is 44.6 Å². The summed E-state index contributed by atoms with van der Waals surface area (Å²) in [5.74, 6) is -0.426. The molecule has 1 aliphatic heterocycles. The van der Waals surface area contributed by atoms with Crippen LogP contribution >= 0.6 is 0 Å². The molecule has 0 fully saturated rings. The van der Waals surface area contributed by atoms with Crippen LogP contribution in [0, 0.1) is 12.8 Å². The normalized spacial score (nSPS) is 17.6. The maximum atomic E-state index is 13.5. The van der Waals surface area contributed by atoms with Gasteiger partial charge in [0, 0.05) is 19.6 Å². The third-order valence-corrected chi connectivity index (χ3v) is 6.34. The third-order valence-electron chi connectivity index (χ3n) is 6.34. The number of imidazole rings is 1. The van der Waals surface area contributed by atoms with E-state index >= 15 is 0 Å². The van der Waals surface area contributed by atoms with Gasteiger partial charge in [0.1, 0.15) is 11.2 Å². The summed E-state index contributed by atoms with van der Waals surface area (Å²) in [6, 6.07) is 8.16. The van der Waals surface area contributed by atoms with Crippen LogP contribution in [-0.4, -0.2) is 57.3 Å². The van der Waals surface area contributed by atoms with Crippen molar-refractivity contribution < 1.29 is 14.4 Å². The summed E-state index contributed by atoms with van der Waals surface area (Å²) < 4.78 is 1.64. The van der Waals surface area contributed by atoms with Crippen molar-refractivity contribution >= 4 is 17.7 Å². The lowest BCUT2D eigenvalue weighted by Gasteiger charge is -2.43. The van der Waals surface area contributed by atoms with Crippen molar-refractivity contribution in [1.82, 2.24) is 25.1 Å². The lowest BCUT2D eigenvalue weighted by atomic mass is 9.93. The smallest absolute Gasteiger partial charge is 0.273 e. The summed E-state index contributed by atoms with van der Waals surface area (Å²) in [6.45, 7) is 11.7. The van der Waals surface area contributed by atoms with E-state index in [1.807, 2.05) is 38.1 Å². The molecule has 0 aliphatic carbocycles. The highest BCUT2D eigenvalue weighted by Gasteiger charge is 2.48. The minimum atomic E-state index is -1.04. The Labute approximate surface area is 202 Å². The molecule has 0 radical (unpaired) electrons. The second-order valence-corrected chi connectivity index (χ2v) is 9.73. The Morgan fingerprint density at radius 2 is 1.85 bits per heavy atom. The van der Waals surface area contributed by atoms with Crippen LogP contribution in [-0.2, 0) is 17.8 Å². The Kier molecular flexibility index (Phi) is 8.12. The minimum absolute atomic E-state index is 0.109. The number of carbonyl (C=O) groups excluding carboxylic acids is 3. The van der Waals surface area contributed by atoms with Crippen LogP contribution in [0.1, 0.15) is 72.6 Å². The largest absolute Gasteiger partial charge is 0.354 e. The molecule has 0 saturated carbocycles. The van der Waals surface area contributed by atoms with Crippen LogP contribution in [0.2, 0.25) is 0 Å². The zero-order chi connectivity index (χ0) is 24.9. The summed E-state index contributed by atoms with van der Waals surface area (Å²) in [5.41, 5.74) is 1.62. The molecular weight excluding hydrogens is 430 g/mol. The molecular formula is C26H37N5O3. The topological polar surface area (TPSA) is 96.3 Å². The van der Waals surface area contributed by atoms with Gasteiger partial charge < -0.3 is 20.1 Å². The molecule has 0 unspecified atom stereocenters. The number of aromatic nitrogens is 2. The Bertz CT molecular complexity index is 1030. The van der Waals surface area contributed by atoms with E-state index in [2.05, 4.69) is 29.5 Å². The Balaban J connectivity index is 1.75. The van der Waals surface area contributed by atoms with Gasteiger partial charge in [0.05, 0.1) is 12.9 Å². The molecule has 184 valence electrons. The molecule has 1 aliphatic rings. The number of aryl methyl sites for hydroxylation is 1. The maximum absolute atomic E-state index is 13.5. The van der Waals surface area contributed by atoms with Gasteiger partial charge in [0.25, 0.3) is 11.8 Å².